The Balaban J connectivity index is 2.38. The van der Waals surface area contributed by atoms with Gasteiger partial charge in [0, 0.05) is 18.8 Å². The number of nitrogens with zero attached hydrogens (tertiary/aromatic N) is 2. The van der Waals surface area contributed by atoms with Crippen LogP contribution in [-0.4, -0.2) is 16.8 Å². The van der Waals surface area contributed by atoms with Gasteiger partial charge in [0.15, 0.2) is 0 Å². The molecule has 17 heavy (non-hydrogen) atoms. The van der Waals surface area contributed by atoms with Crippen LogP contribution in [0.3, 0.4) is 0 Å². The van der Waals surface area contributed by atoms with E-state index in [1.54, 1.807) is 0 Å². The second-order valence-corrected chi connectivity index (χ2v) is 4.51. The van der Waals surface area contributed by atoms with E-state index in [0.717, 1.165) is 0 Å². The third-order valence-electron chi connectivity index (χ3n) is 3.21. The molecule has 1 unspecified atom stereocenters. The third kappa shape index (κ3) is 2.39. The second kappa shape index (κ2) is 4.72. The van der Waals surface area contributed by atoms with E-state index >= 15 is 0 Å². The first-order valence-electron chi connectivity index (χ1n) is 5.85. The molecule has 90 valence electrons. The number of hydrogen-bond donors (Lipinski definition) is 1. The van der Waals surface area contributed by atoms with Crippen molar-refractivity contribution in [3.05, 3.63) is 52.8 Å². The predicted molar refractivity (Wildman–Crippen MR) is 70.0 cm³/mol. The van der Waals surface area contributed by atoms with E-state index in [1.807, 2.05) is 25.0 Å². The van der Waals surface area contributed by atoms with Crippen LogP contribution in [0.2, 0.25) is 0 Å². The molecule has 0 spiro atoms. The Morgan fingerprint density at radius 2 is 1.94 bits per heavy atom. The number of aromatic nitrogens is 2. The van der Waals surface area contributed by atoms with Gasteiger partial charge >= 0.3 is 0 Å². The Kier molecular flexibility index (Phi) is 3.29. The standard InChI is InChI=1S/C14H19N3/c1-10-5-6-12(7-11(10)2)14(15-3)13-8-16-17(4)9-13/h5-9,14-15H,1-4H3. The summed E-state index contributed by atoms with van der Waals surface area (Å²) in [5, 5.41) is 7.57. The van der Waals surface area contributed by atoms with Crippen LogP contribution in [0.1, 0.15) is 28.3 Å². The maximum absolute atomic E-state index is 4.23. The average Bonchev–Trinajstić information content (AvgIpc) is 2.71. The average molecular weight is 229 g/mol. The van der Waals surface area contributed by atoms with E-state index in [1.165, 1.54) is 22.3 Å². The molecule has 2 rings (SSSR count). The molecule has 0 aliphatic heterocycles. The van der Waals surface area contributed by atoms with Crippen LogP contribution >= 0.6 is 0 Å². The molecule has 2 aromatic rings. The maximum Gasteiger partial charge on any atom is 0.0605 e. The van der Waals surface area contributed by atoms with Crippen molar-refractivity contribution in [1.29, 1.82) is 0 Å². The molecular weight excluding hydrogens is 210 g/mol. The van der Waals surface area contributed by atoms with Gasteiger partial charge < -0.3 is 5.32 Å². The molecule has 1 N–H and O–H groups in total. The SMILES string of the molecule is CNC(c1ccc(C)c(C)c1)c1cnn(C)c1. The van der Waals surface area contributed by atoms with Gasteiger partial charge in [-0.1, -0.05) is 18.2 Å². The van der Waals surface area contributed by atoms with E-state index in [0.29, 0.717) is 0 Å². The topological polar surface area (TPSA) is 29.9 Å². The molecule has 0 radical (unpaired) electrons. The molecule has 1 atom stereocenters. The monoisotopic (exact) mass is 229 g/mol. The normalized spacial score (nSPS) is 12.7. The van der Waals surface area contributed by atoms with Crippen LogP contribution in [-0.2, 0) is 7.05 Å². The highest BCUT2D eigenvalue weighted by atomic mass is 15.2. The van der Waals surface area contributed by atoms with Gasteiger partial charge in [0.05, 0.1) is 12.2 Å². The molecule has 0 aliphatic rings. The van der Waals surface area contributed by atoms with Crippen LogP contribution in [0.15, 0.2) is 30.6 Å². The van der Waals surface area contributed by atoms with Crippen LogP contribution < -0.4 is 5.32 Å². The zero-order valence-corrected chi connectivity index (χ0v) is 10.9. The van der Waals surface area contributed by atoms with Crippen molar-refractivity contribution in [3.8, 4) is 0 Å². The summed E-state index contributed by atoms with van der Waals surface area (Å²) < 4.78 is 1.83. The number of benzene rings is 1. The summed E-state index contributed by atoms with van der Waals surface area (Å²) in [6.07, 6.45) is 3.96. The summed E-state index contributed by atoms with van der Waals surface area (Å²) >= 11 is 0. The third-order valence-corrected chi connectivity index (χ3v) is 3.21. The molecule has 0 saturated carbocycles. The number of nitrogens with one attached hydrogen (secondary N) is 1. The smallest absolute Gasteiger partial charge is 0.0605 e. The molecular formula is C14H19N3. The molecule has 0 amide bonds. The van der Waals surface area contributed by atoms with Crippen molar-refractivity contribution < 1.29 is 0 Å². The Labute approximate surface area is 102 Å². The van der Waals surface area contributed by atoms with Gasteiger partial charge in [0.2, 0.25) is 0 Å². The maximum atomic E-state index is 4.23. The van der Waals surface area contributed by atoms with Crippen LogP contribution in [0.25, 0.3) is 0 Å². The molecule has 1 heterocycles. The summed E-state index contributed by atoms with van der Waals surface area (Å²) in [4.78, 5) is 0. The van der Waals surface area contributed by atoms with E-state index in [9.17, 15) is 0 Å². The fourth-order valence-electron chi connectivity index (χ4n) is 2.06. The van der Waals surface area contributed by atoms with E-state index in [4.69, 9.17) is 0 Å². The second-order valence-electron chi connectivity index (χ2n) is 4.51. The minimum Gasteiger partial charge on any atom is -0.309 e. The molecule has 3 nitrogen and oxygen atoms in total. The predicted octanol–water partition coefficient (Wildman–Crippen LogP) is 2.35. The van der Waals surface area contributed by atoms with Crippen LogP contribution in [0.5, 0.6) is 0 Å². The molecule has 0 bridgehead atoms. The lowest BCUT2D eigenvalue weighted by atomic mass is 9.98. The molecule has 0 fully saturated rings. The molecule has 1 aromatic carbocycles. The minimum absolute atomic E-state index is 0.211. The first-order valence-corrected chi connectivity index (χ1v) is 5.85. The summed E-state index contributed by atoms with van der Waals surface area (Å²) in [5.41, 5.74) is 5.13. The van der Waals surface area contributed by atoms with Gasteiger partial charge in [0.25, 0.3) is 0 Å². The van der Waals surface area contributed by atoms with Crippen molar-refractivity contribution >= 4 is 0 Å². The van der Waals surface area contributed by atoms with Gasteiger partial charge in [-0.25, -0.2) is 0 Å². The van der Waals surface area contributed by atoms with Crippen molar-refractivity contribution in [2.24, 2.45) is 7.05 Å². The largest absolute Gasteiger partial charge is 0.309 e. The first kappa shape index (κ1) is 11.9. The Morgan fingerprint density at radius 3 is 2.47 bits per heavy atom. The van der Waals surface area contributed by atoms with Gasteiger partial charge in [-0.2, -0.15) is 5.10 Å². The fourth-order valence-corrected chi connectivity index (χ4v) is 2.06. The van der Waals surface area contributed by atoms with E-state index in [-0.39, 0.29) is 6.04 Å². The lowest BCUT2D eigenvalue weighted by Gasteiger charge is -2.16. The quantitative estimate of drug-likeness (QED) is 0.875. The molecule has 0 aliphatic carbocycles. The summed E-state index contributed by atoms with van der Waals surface area (Å²) in [5.74, 6) is 0. The highest BCUT2D eigenvalue weighted by molar-refractivity contribution is 5.35. The highest BCUT2D eigenvalue weighted by Gasteiger charge is 2.13. The summed E-state index contributed by atoms with van der Waals surface area (Å²) in [6, 6.07) is 6.80. The summed E-state index contributed by atoms with van der Waals surface area (Å²) in [6.45, 7) is 4.28. The Morgan fingerprint density at radius 1 is 1.18 bits per heavy atom. The Bertz CT molecular complexity index is 514. The van der Waals surface area contributed by atoms with Gasteiger partial charge in [-0.15, -0.1) is 0 Å². The molecule has 1 aromatic heterocycles. The number of hydrogen-bond acceptors (Lipinski definition) is 2. The zero-order valence-electron chi connectivity index (χ0n) is 10.9. The van der Waals surface area contributed by atoms with Crippen LogP contribution in [0, 0.1) is 13.8 Å². The van der Waals surface area contributed by atoms with E-state index in [2.05, 4.69) is 48.7 Å². The van der Waals surface area contributed by atoms with E-state index < -0.39 is 0 Å². The molecule has 3 heteroatoms. The zero-order chi connectivity index (χ0) is 12.4. The Hall–Kier alpha value is -1.61. The van der Waals surface area contributed by atoms with Crippen LogP contribution in [0.4, 0.5) is 0 Å². The lowest BCUT2D eigenvalue weighted by Crippen LogP contribution is -2.17. The van der Waals surface area contributed by atoms with Crippen molar-refractivity contribution in [2.75, 3.05) is 7.05 Å². The highest BCUT2D eigenvalue weighted by Crippen LogP contribution is 2.23. The van der Waals surface area contributed by atoms with Crippen molar-refractivity contribution in [3.63, 3.8) is 0 Å². The van der Waals surface area contributed by atoms with Crippen molar-refractivity contribution in [1.82, 2.24) is 15.1 Å². The van der Waals surface area contributed by atoms with Crippen molar-refractivity contribution in [2.45, 2.75) is 19.9 Å². The number of rotatable bonds is 3. The number of aryl methyl sites for hydroxylation is 3. The lowest BCUT2D eigenvalue weighted by molar-refractivity contribution is 0.688. The first-order chi connectivity index (χ1) is 8.11. The molecule has 0 saturated heterocycles. The minimum atomic E-state index is 0.211. The summed E-state index contributed by atoms with van der Waals surface area (Å²) in [7, 11) is 3.92. The van der Waals surface area contributed by atoms with Gasteiger partial charge in [0.1, 0.15) is 0 Å². The fraction of sp³-hybridized carbons (Fsp3) is 0.357. The van der Waals surface area contributed by atoms with Gasteiger partial charge in [-0.05, 0) is 37.6 Å². The van der Waals surface area contributed by atoms with Gasteiger partial charge in [-0.3, -0.25) is 4.68 Å².